The molecule has 1 unspecified atom stereocenters. The van der Waals surface area contributed by atoms with Crippen LogP contribution >= 0.6 is 0 Å². The molecule has 0 aliphatic carbocycles. The average molecular weight is 131 g/mol. The van der Waals surface area contributed by atoms with Crippen LogP contribution in [0.5, 0.6) is 0 Å². The van der Waals surface area contributed by atoms with Gasteiger partial charge in [0.25, 0.3) is 0 Å². The van der Waals surface area contributed by atoms with Gasteiger partial charge in [-0.3, -0.25) is 0 Å². The third-order valence-electron chi connectivity index (χ3n) is 1.41. The summed E-state index contributed by atoms with van der Waals surface area (Å²) in [6.45, 7) is 6.12. The van der Waals surface area contributed by atoms with E-state index in [1.807, 2.05) is 0 Å². The minimum atomic E-state index is 0.625. The summed E-state index contributed by atoms with van der Waals surface area (Å²) in [5, 5.41) is 3.31. The molecule has 0 fully saturated rings. The van der Waals surface area contributed by atoms with E-state index in [-0.39, 0.29) is 0 Å². The summed E-state index contributed by atoms with van der Waals surface area (Å²) >= 11 is 0. The van der Waals surface area contributed by atoms with Crippen molar-refractivity contribution in [1.29, 1.82) is 0 Å². The summed E-state index contributed by atoms with van der Waals surface area (Å²) in [6, 6.07) is 0.625. The highest BCUT2D eigenvalue weighted by Gasteiger charge is 1.93. The number of hydrogen-bond donors (Lipinski definition) is 1. The van der Waals surface area contributed by atoms with Gasteiger partial charge >= 0.3 is 0 Å². The van der Waals surface area contributed by atoms with Gasteiger partial charge in [0.2, 0.25) is 0 Å². The lowest BCUT2D eigenvalue weighted by molar-refractivity contribution is 0.196. The zero-order valence-corrected chi connectivity index (χ0v) is 6.61. The Hall–Kier alpha value is -0.0800. The van der Waals surface area contributed by atoms with Crippen LogP contribution in [0.2, 0.25) is 0 Å². The molecule has 0 aliphatic rings. The van der Waals surface area contributed by atoms with Crippen LogP contribution in [0.15, 0.2) is 0 Å². The predicted molar refractivity (Wildman–Crippen MR) is 39.6 cm³/mol. The molecule has 0 heterocycles. The fourth-order valence-corrected chi connectivity index (χ4v) is 0.552. The van der Waals surface area contributed by atoms with Crippen molar-refractivity contribution < 1.29 is 4.74 Å². The Morgan fingerprint density at radius 3 is 2.67 bits per heavy atom. The van der Waals surface area contributed by atoms with Gasteiger partial charge in [0.15, 0.2) is 0 Å². The molecule has 0 aromatic heterocycles. The van der Waals surface area contributed by atoms with Crippen molar-refractivity contribution >= 4 is 0 Å². The zero-order valence-electron chi connectivity index (χ0n) is 6.61. The second kappa shape index (κ2) is 6.05. The maximum Gasteiger partial charge on any atom is 0.0587 e. The first-order chi connectivity index (χ1) is 4.31. The Morgan fingerprint density at radius 1 is 1.56 bits per heavy atom. The summed E-state index contributed by atoms with van der Waals surface area (Å²) in [7, 11) is 1.72. The number of ether oxygens (including phenoxy) is 1. The fraction of sp³-hybridized carbons (Fsp3) is 1.00. The molecule has 0 aromatic rings. The largest absolute Gasteiger partial charge is 0.383 e. The van der Waals surface area contributed by atoms with Crippen LogP contribution in [-0.2, 0) is 4.74 Å². The van der Waals surface area contributed by atoms with Gasteiger partial charge in [-0.25, -0.2) is 0 Å². The van der Waals surface area contributed by atoms with Gasteiger partial charge in [-0.15, -0.1) is 0 Å². The molecule has 1 N–H and O–H groups in total. The molecule has 2 nitrogen and oxygen atoms in total. The average Bonchev–Trinajstić information content (AvgIpc) is 1.89. The van der Waals surface area contributed by atoms with E-state index in [1.54, 1.807) is 7.11 Å². The molecule has 0 rings (SSSR count). The van der Waals surface area contributed by atoms with Crippen LogP contribution in [0.1, 0.15) is 20.3 Å². The van der Waals surface area contributed by atoms with Crippen molar-refractivity contribution in [2.45, 2.75) is 26.3 Å². The van der Waals surface area contributed by atoms with Crippen LogP contribution in [0.25, 0.3) is 0 Å². The molecule has 2 heteroatoms. The predicted octanol–water partition coefficient (Wildman–Crippen LogP) is 1.02. The second-order valence-electron chi connectivity index (χ2n) is 2.26. The third kappa shape index (κ3) is 5.80. The number of rotatable bonds is 5. The van der Waals surface area contributed by atoms with E-state index in [9.17, 15) is 0 Å². The molecule has 0 saturated carbocycles. The summed E-state index contributed by atoms with van der Waals surface area (Å²) in [5.41, 5.74) is 0. The van der Waals surface area contributed by atoms with E-state index >= 15 is 0 Å². The Kier molecular flexibility index (Phi) is 5.99. The first-order valence-electron chi connectivity index (χ1n) is 3.53. The van der Waals surface area contributed by atoms with Gasteiger partial charge in [-0.2, -0.15) is 0 Å². The van der Waals surface area contributed by atoms with E-state index in [0.29, 0.717) is 6.04 Å². The lowest BCUT2D eigenvalue weighted by Crippen LogP contribution is -2.28. The smallest absolute Gasteiger partial charge is 0.0587 e. The Morgan fingerprint density at radius 2 is 2.22 bits per heavy atom. The standard InChI is InChI=1S/C7H17NO/c1-4-7(2)8-5-6-9-3/h7-8H,4-6H2,1-3H3. The highest BCUT2D eigenvalue weighted by Crippen LogP contribution is 1.85. The minimum absolute atomic E-state index is 0.625. The maximum absolute atomic E-state index is 4.87. The molecule has 9 heavy (non-hydrogen) atoms. The molecular formula is C7H17NO. The van der Waals surface area contributed by atoms with Crippen LogP contribution in [-0.4, -0.2) is 26.3 Å². The van der Waals surface area contributed by atoms with E-state index in [1.165, 1.54) is 6.42 Å². The highest BCUT2D eigenvalue weighted by molar-refractivity contribution is 4.55. The van der Waals surface area contributed by atoms with E-state index < -0.39 is 0 Å². The van der Waals surface area contributed by atoms with Gasteiger partial charge in [0.05, 0.1) is 6.61 Å². The quantitative estimate of drug-likeness (QED) is 0.562. The fourth-order valence-electron chi connectivity index (χ4n) is 0.552. The van der Waals surface area contributed by atoms with Crippen LogP contribution in [0.3, 0.4) is 0 Å². The normalized spacial score (nSPS) is 13.7. The molecule has 0 bridgehead atoms. The van der Waals surface area contributed by atoms with Crippen molar-refractivity contribution in [3.8, 4) is 0 Å². The Labute approximate surface area is 57.6 Å². The van der Waals surface area contributed by atoms with E-state index in [2.05, 4.69) is 19.2 Å². The molecule has 0 amide bonds. The van der Waals surface area contributed by atoms with E-state index in [4.69, 9.17) is 4.74 Å². The molecule has 0 saturated heterocycles. The monoisotopic (exact) mass is 131 g/mol. The van der Waals surface area contributed by atoms with Crippen molar-refractivity contribution in [3.05, 3.63) is 0 Å². The summed E-state index contributed by atoms with van der Waals surface area (Å²) in [5.74, 6) is 0. The lowest BCUT2D eigenvalue weighted by atomic mass is 10.3. The van der Waals surface area contributed by atoms with Gasteiger partial charge in [-0.05, 0) is 13.3 Å². The minimum Gasteiger partial charge on any atom is -0.383 e. The van der Waals surface area contributed by atoms with Crippen molar-refractivity contribution in [1.82, 2.24) is 5.32 Å². The number of methoxy groups -OCH3 is 1. The van der Waals surface area contributed by atoms with Crippen LogP contribution < -0.4 is 5.32 Å². The molecule has 56 valence electrons. The van der Waals surface area contributed by atoms with Crippen molar-refractivity contribution in [2.75, 3.05) is 20.3 Å². The summed E-state index contributed by atoms with van der Waals surface area (Å²) in [6.07, 6.45) is 1.18. The second-order valence-corrected chi connectivity index (χ2v) is 2.26. The van der Waals surface area contributed by atoms with E-state index in [0.717, 1.165) is 13.2 Å². The molecule has 1 atom stereocenters. The number of nitrogens with one attached hydrogen (secondary N) is 1. The van der Waals surface area contributed by atoms with Crippen molar-refractivity contribution in [2.24, 2.45) is 0 Å². The molecule has 0 aromatic carbocycles. The maximum atomic E-state index is 4.87. The van der Waals surface area contributed by atoms with Crippen LogP contribution in [0, 0.1) is 0 Å². The van der Waals surface area contributed by atoms with Gasteiger partial charge in [-0.1, -0.05) is 6.92 Å². The SMILES string of the molecule is CCC(C)NCCOC. The molecule has 0 spiro atoms. The van der Waals surface area contributed by atoms with Gasteiger partial charge in [0.1, 0.15) is 0 Å². The highest BCUT2D eigenvalue weighted by atomic mass is 16.5. The lowest BCUT2D eigenvalue weighted by Gasteiger charge is -2.09. The topological polar surface area (TPSA) is 21.3 Å². The third-order valence-corrected chi connectivity index (χ3v) is 1.41. The zero-order chi connectivity index (χ0) is 7.11. The Balaban J connectivity index is 2.88. The summed E-state index contributed by atoms with van der Waals surface area (Å²) in [4.78, 5) is 0. The molecule has 0 radical (unpaired) electrons. The first kappa shape index (κ1) is 8.92. The Bertz CT molecular complexity index is 56.9. The molecule has 0 aliphatic heterocycles. The molecular weight excluding hydrogens is 114 g/mol. The first-order valence-corrected chi connectivity index (χ1v) is 3.53. The van der Waals surface area contributed by atoms with Gasteiger partial charge < -0.3 is 10.1 Å². The number of hydrogen-bond acceptors (Lipinski definition) is 2. The van der Waals surface area contributed by atoms with Crippen molar-refractivity contribution in [3.63, 3.8) is 0 Å². The van der Waals surface area contributed by atoms with Crippen LogP contribution in [0.4, 0.5) is 0 Å². The van der Waals surface area contributed by atoms with Gasteiger partial charge in [0, 0.05) is 19.7 Å². The summed E-state index contributed by atoms with van der Waals surface area (Å²) < 4.78 is 4.87.